The molecule has 34 heavy (non-hydrogen) atoms. The summed E-state index contributed by atoms with van der Waals surface area (Å²) in [6, 6.07) is 23.0. The first-order valence-electron chi connectivity index (χ1n) is 11.9. The van der Waals surface area contributed by atoms with Crippen molar-refractivity contribution in [3.8, 4) is 0 Å². The minimum absolute atomic E-state index is 0.0382. The number of benzene rings is 4. The Kier molecular flexibility index (Phi) is 4.09. The molecule has 0 radical (unpaired) electrons. The molecular weight excluding hydrogens is 428 g/mol. The second kappa shape index (κ2) is 6.99. The maximum atomic E-state index is 13.8. The van der Waals surface area contributed by atoms with E-state index >= 15 is 0 Å². The van der Waals surface area contributed by atoms with Gasteiger partial charge < -0.3 is 4.42 Å². The van der Waals surface area contributed by atoms with Crippen LogP contribution < -0.4 is 0 Å². The molecule has 4 heteroatoms. The number of nitrogens with zero attached hydrogens (tertiary/aromatic N) is 1. The molecule has 0 spiro atoms. The van der Waals surface area contributed by atoms with Gasteiger partial charge in [-0.25, -0.2) is 13.8 Å². The van der Waals surface area contributed by atoms with Crippen molar-refractivity contribution < 1.29 is 13.2 Å². The normalized spacial score (nSPS) is 17.7. The van der Waals surface area contributed by atoms with Crippen LogP contribution in [-0.4, -0.2) is 11.6 Å². The number of alkyl halides is 2. The zero-order chi connectivity index (χ0) is 23.0. The number of fused-ring (bicyclic) bond motifs is 3. The smallest absolute Gasteiger partial charge is 0.248 e. The van der Waals surface area contributed by atoms with E-state index in [2.05, 4.69) is 43.3 Å². The predicted octanol–water partition coefficient (Wildman–Crippen LogP) is 8.82. The maximum absolute atomic E-state index is 13.8. The number of hydrogen-bond donors (Lipinski definition) is 0. The van der Waals surface area contributed by atoms with E-state index in [4.69, 9.17) is 9.41 Å². The summed E-state index contributed by atoms with van der Waals surface area (Å²) in [6.45, 7) is 2.10. The average Bonchev–Trinajstić information content (AvgIpc) is 3.38. The Balaban J connectivity index is 1.44. The molecule has 0 saturated heterocycles. The van der Waals surface area contributed by atoms with Gasteiger partial charge >= 0.3 is 0 Å². The quantitative estimate of drug-likeness (QED) is 0.258. The molecule has 1 fully saturated rings. The number of halogens is 2. The van der Waals surface area contributed by atoms with Gasteiger partial charge in [0.2, 0.25) is 5.92 Å². The van der Waals surface area contributed by atoms with Gasteiger partial charge in [0, 0.05) is 40.1 Å². The molecule has 2 nitrogen and oxygen atoms in total. The number of rotatable bonds is 2. The molecule has 1 saturated carbocycles. The Labute approximate surface area is 195 Å². The van der Waals surface area contributed by atoms with Crippen LogP contribution in [0.1, 0.15) is 53.9 Å². The largest absolute Gasteiger partial charge is 0.455 e. The van der Waals surface area contributed by atoms with Crippen molar-refractivity contribution in [2.24, 2.45) is 4.99 Å². The number of aliphatic imine (C=N–C) groups is 1. The third kappa shape index (κ3) is 2.94. The molecule has 5 aromatic rings. The van der Waals surface area contributed by atoms with Crippen molar-refractivity contribution in [2.75, 3.05) is 0 Å². The fraction of sp³-hybridized carbons (Fsp3) is 0.233. The lowest BCUT2D eigenvalue weighted by Gasteiger charge is -2.29. The first-order chi connectivity index (χ1) is 16.5. The Morgan fingerprint density at radius 1 is 0.882 bits per heavy atom. The lowest BCUT2D eigenvalue weighted by molar-refractivity contribution is -0.0382. The Bertz CT molecular complexity index is 1650. The average molecular weight is 452 g/mol. The topological polar surface area (TPSA) is 25.5 Å². The van der Waals surface area contributed by atoms with Gasteiger partial charge in [0.1, 0.15) is 11.2 Å². The lowest BCUT2D eigenvalue weighted by atomic mass is 9.80. The number of aryl methyl sites for hydroxylation is 1. The number of furan rings is 1. The molecule has 1 aliphatic heterocycles. The summed E-state index contributed by atoms with van der Waals surface area (Å²) >= 11 is 0. The molecule has 168 valence electrons. The van der Waals surface area contributed by atoms with Gasteiger partial charge in [-0.1, -0.05) is 36.4 Å². The van der Waals surface area contributed by atoms with E-state index in [1.807, 2.05) is 30.3 Å². The molecule has 0 bridgehead atoms. The van der Waals surface area contributed by atoms with Crippen LogP contribution in [-0.2, 0) is 0 Å². The highest BCUT2D eigenvalue weighted by molar-refractivity contribution is 6.30. The van der Waals surface area contributed by atoms with Gasteiger partial charge in [-0.15, -0.1) is 0 Å². The van der Waals surface area contributed by atoms with Gasteiger partial charge in [0.15, 0.2) is 0 Å². The van der Waals surface area contributed by atoms with Crippen molar-refractivity contribution in [3.05, 3.63) is 89.0 Å². The van der Waals surface area contributed by atoms with Crippen molar-refractivity contribution in [1.82, 2.24) is 0 Å². The summed E-state index contributed by atoms with van der Waals surface area (Å²) in [5.41, 5.74) is 7.91. The van der Waals surface area contributed by atoms with Crippen LogP contribution in [0.2, 0.25) is 0 Å². The van der Waals surface area contributed by atoms with E-state index in [0.29, 0.717) is 12.8 Å². The molecule has 0 N–H and O–H groups in total. The highest BCUT2D eigenvalue weighted by atomic mass is 19.3. The van der Waals surface area contributed by atoms with Crippen LogP contribution in [0.25, 0.3) is 32.7 Å². The van der Waals surface area contributed by atoms with E-state index in [-0.39, 0.29) is 18.8 Å². The van der Waals surface area contributed by atoms with E-state index in [1.165, 1.54) is 0 Å². The van der Waals surface area contributed by atoms with E-state index < -0.39 is 5.92 Å². The van der Waals surface area contributed by atoms with Crippen LogP contribution in [0.3, 0.4) is 0 Å². The minimum Gasteiger partial charge on any atom is -0.455 e. The first kappa shape index (κ1) is 19.9. The van der Waals surface area contributed by atoms with Crippen molar-refractivity contribution in [2.45, 2.75) is 44.4 Å². The molecule has 0 amide bonds. The highest BCUT2D eigenvalue weighted by Gasteiger charge is 2.36. The van der Waals surface area contributed by atoms with Crippen LogP contribution >= 0.6 is 0 Å². The minimum atomic E-state index is -2.53. The Morgan fingerprint density at radius 2 is 1.71 bits per heavy atom. The summed E-state index contributed by atoms with van der Waals surface area (Å²) in [5.74, 6) is -2.38. The predicted molar refractivity (Wildman–Crippen MR) is 134 cm³/mol. The van der Waals surface area contributed by atoms with Crippen LogP contribution in [0.15, 0.2) is 76.1 Å². The monoisotopic (exact) mass is 451 g/mol. The van der Waals surface area contributed by atoms with Gasteiger partial charge in [-0.2, -0.15) is 0 Å². The standard InChI is InChI=1S/C30H23F2NO/c1-17-13-22-21-6-2-3-8-26(21)34-29(22)24(14-17)28-23-16-20(18-9-11-30(31,32)12-10-18)15-19-5-4-7-25(33-28)27(19)23/h2-8,13-16,18H,9-12H2,1H3. The Morgan fingerprint density at radius 3 is 2.56 bits per heavy atom. The van der Waals surface area contributed by atoms with E-state index in [9.17, 15) is 8.78 Å². The maximum Gasteiger partial charge on any atom is 0.248 e. The second-order valence-electron chi connectivity index (χ2n) is 9.82. The van der Waals surface area contributed by atoms with Gasteiger partial charge in [-0.3, -0.25) is 0 Å². The summed E-state index contributed by atoms with van der Waals surface area (Å²) < 4.78 is 34.0. The van der Waals surface area contributed by atoms with Gasteiger partial charge in [0.25, 0.3) is 0 Å². The fourth-order valence-electron chi connectivity index (χ4n) is 5.85. The van der Waals surface area contributed by atoms with E-state index in [0.717, 1.165) is 66.4 Å². The lowest BCUT2D eigenvalue weighted by Crippen LogP contribution is -2.23. The third-order valence-corrected chi connectivity index (χ3v) is 7.53. The van der Waals surface area contributed by atoms with Crippen LogP contribution in [0.4, 0.5) is 14.5 Å². The molecule has 4 aromatic carbocycles. The zero-order valence-corrected chi connectivity index (χ0v) is 18.9. The van der Waals surface area contributed by atoms with Gasteiger partial charge in [-0.05, 0) is 72.5 Å². The zero-order valence-electron chi connectivity index (χ0n) is 18.9. The molecule has 2 heterocycles. The van der Waals surface area contributed by atoms with Crippen molar-refractivity contribution in [1.29, 1.82) is 0 Å². The summed E-state index contributed by atoms with van der Waals surface area (Å²) in [5, 5.41) is 4.44. The molecule has 1 aliphatic carbocycles. The Hall–Kier alpha value is -3.53. The molecule has 2 aliphatic rings. The van der Waals surface area contributed by atoms with E-state index in [1.54, 1.807) is 0 Å². The van der Waals surface area contributed by atoms with Crippen molar-refractivity contribution >= 4 is 44.1 Å². The summed E-state index contributed by atoms with van der Waals surface area (Å²) in [7, 11) is 0. The van der Waals surface area contributed by atoms with Crippen molar-refractivity contribution in [3.63, 3.8) is 0 Å². The van der Waals surface area contributed by atoms with Crippen LogP contribution in [0.5, 0.6) is 0 Å². The number of hydrogen-bond acceptors (Lipinski definition) is 2. The molecule has 1 aromatic heterocycles. The number of para-hydroxylation sites is 1. The summed E-state index contributed by atoms with van der Waals surface area (Å²) in [4.78, 5) is 5.07. The molecule has 0 unspecified atom stereocenters. The SMILES string of the molecule is Cc1cc(C2=Nc3cccc4cc(C5CCC(F)(F)CC5)cc2c34)c2oc3ccccc3c2c1. The summed E-state index contributed by atoms with van der Waals surface area (Å²) in [6.07, 6.45) is 0.956. The fourth-order valence-corrected chi connectivity index (χ4v) is 5.85. The second-order valence-corrected chi connectivity index (χ2v) is 9.82. The molecular formula is C30H23F2NO. The van der Waals surface area contributed by atoms with Crippen LogP contribution in [0, 0.1) is 6.92 Å². The third-order valence-electron chi connectivity index (χ3n) is 7.53. The highest BCUT2D eigenvalue weighted by Crippen LogP contribution is 2.45. The molecule has 0 atom stereocenters. The molecule has 7 rings (SSSR count). The van der Waals surface area contributed by atoms with Gasteiger partial charge in [0.05, 0.1) is 11.4 Å². The first-order valence-corrected chi connectivity index (χ1v) is 11.9.